The van der Waals surface area contributed by atoms with Crippen LogP contribution in [0.5, 0.6) is 0 Å². The second-order valence-corrected chi connectivity index (χ2v) is 13.3. The van der Waals surface area contributed by atoms with Gasteiger partial charge in [0.05, 0.1) is 0 Å². The van der Waals surface area contributed by atoms with Gasteiger partial charge in [0, 0.05) is 5.57 Å². The summed E-state index contributed by atoms with van der Waals surface area (Å²) in [5.74, 6) is -0.831. The van der Waals surface area contributed by atoms with Crippen LogP contribution < -0.4 is 0 Å². The average molecular weight is 309 g/mol. The Kier molecular flexibility index (Phi) is 6.38. The Morgan fingerprint density at radius 2 is 1.90 bits per heavy atom. The van der Waals surface area contributed by atoms with Crippen molar-refractivity contribution in [3.8, 4) is 0 Å². The van der Waals surface area contributed by atoms with E-state index < -0.39 is 23.3 Å². The van der Waals surface area contributed by atoms with Crippen LogP contribution >= 0.6 is 0 Å². The Labute approximate surface area is 124 Å². The molecule has 110 valence electrons. The molecule has 0 aliphatic rings. The van der Waals surface area contributed by atoms with Gasteiger partial charge in [-0.1, -0.05) is 30.3 Å². The van der Waals surface area contributed by atoms with Crippen LogP contribution in [-0.4, -0.2) is 28.4 Å². The van der Waals surface area contributed by atoms with Gasteiger partial charge in [-0.15, -0.1) is 0 Å². The number of hydrogen-bond donors (Lipinski definition) is 1. The van der Waals surface area contributed by atoms with E-state index in [0.717, 1.165) is 11.6 Å². The topological polar surface area (TPSA) is 46.5 Å². The fraction of sp³-hybridized carbons (Fsp3) is 0.400. The molecule has 1 unspecified atom stereocenters. The van der Waals surface area contributed by atoms with Crippen molar-refractivity contribution >= 4 is 29.4 Å². The summed E-state index contributed by atoms with van der Waals surface area (Å²) in [5, 5.41) is 9.30. The van der Waals surface area contributed by atoms with Crippen molar-refractivity contribution in [2.45, 2.75) is 38.7 Å². The van der Waals surface area contributed by atoms with Crippen molar-refractivity contribution in [1.29, 1.82) is 0 Å². The van der Waals surface area contributed by atoms with Gasteiger partial charge in [-0.2, -0.15) is 0 Å². The van der Waals surface area contributed by atoms with E-state index in [4.69, 9.17) is 4.12 Å². The highest BCUT2D eigenvalue weighted by Gasteiger charge is 2.19. The average Bonchev–Trinajstić information content (AvgIpc) is 2.33. The smallest absolute Gasteiger partial charge is 0.331 e. The predicted molar refractivity (Wildman–Crippen MR) is 88.9 cm³/mol. The fourth-order valence-electron chi connectivity index (χ4n) is 2.01. The Hall–Kier alpha value is -1.18. The van der Waals surface area contributed by atoms with Crippen LogP contribution in [0, 0.1) is 0 Å². The van der Waals surface area contributed by atoms with Crippen LogP contribution in [0.4, 0.5) is 0 Å². The van der Waals surface area contributed by atoms with Crippen LogP contribution in [0.25, 0.3) is 6.08 Å². The summed E-state index contributed by atoms with van der Waals surface area (Å²) < 4.78 is 6.08. The lowest BCUT2D eigenvalue weighted by Crippen LogP contribution is -2.33. The third-order valence-electron chi connectivity index (χ3n) is 2.79. The van der Waals surface area contributed by atoms with Crippen molar-refractivity contribution in [1.82, 2.24) is 0 Å². The molecule has 0 radical (unpaired) electrons. The van der Waals surface area contributed by atoms with E-state index >= 15 is 0 Å². The van der Waals surface area contributed by atoms with Crippen LogP contribution in [0.2, 0.25) is 32.2 Å². The maximum atomic E-state index is 11.3. The van der Waals surface area contributed by atoms with Gasteiger partial charge < -0.3 is 9.22 Å². The van der Waals surface area contributed by atoms with Gasteiger partial charge in [-0.05, 0) is 50.3 Å². The van der Waals surface area contributed by atoms with Gasteiger partial charge >= 0.3 is 5.97 Å². The van der Waals surface area contributed by atoms with Gasteiger partial charge in [-0.25, -0.2) is 4.79 Å². The van der Waals surface area contributed by atoms with Gasteiger partial charge in [0.15, 0.2) is 17.4 Å². The predicted octanol–water partition coefficient (Wildman–Crippen LogP) is 3.75. The molecule has 1 N–H and O–H groups in total. The molecule has 0 heterocycles. The van der Waals surface area contributed by atoms with Gasteiger partial charge in [0.1, 0.15) is 0 Å². The van der Waals surface area contributed by atoms with Crippen molar-refractivity contribution in [2.24, 2.45) is 0 Å². The second-order valence-electron chi connectivity index (χ2n) is 5.96. The molecular formula is C15H24O3Si2. The molecule has 0 aliphatic heterocycles. The molecule has 20 heavy (non-hydrogen) atoms. The first-order valence-corrected chi connectivity index (χ1v) is 12.8. The molecule has 0 saturated heterocycles. The summed E-state index contributed by atoms with van der Waals surface area (Å²) in [6, 6.07) is 10.5. The Morgan fingerprint density at radius 3 is 2.40 bits per heavy atom. The molecule has 0 fully saturated rings. The summed E-state index contributed by atoms with van der Waals surface area (Å²) >= 11 is 0. The highest BCUT2D eigenvalue weighted by atomic mass is 28.4. The van der Waals surface area contributed by atoms with Crippen LogP contribution in [0.3, 0.4) is 0 Å². The van der Waals surface area contributed by atoms with E-state index in [2.05, 4.69) is 26.2 Å². The molecule has 0 saturated carbocycles. The lowest BCUT2D eigenvalue weighted by atomic mass is 10.1. The quantitative estimate of drug-likeness (QED) is 0.616. The van der Waals surface area contributed by atoms with Crippen molar-refractivity contribution in [3.63, 3.8) is 0 Å². The summed E-state index contributed by atoms with van der Waals surface area (Å²) in [4.78, 5) is 11.3. The molecule has 1 atom stereocenters. The number of benzene rings is 1. The Morgan fingerprint density at radius 1 is 1.30 bits per heavy atom. The maximum absolute atomic E-state index is 11.3. The van der Waals surface area contributed by atoms with Crippen LogP contribution in [0.1, 0.15) is 12.0 Å². The third kappa shape index (κ3) is 6.84. The minimum atomic E-state index is -1.50. The van der Waals surface area contributed by atoms with E-state index in [1.54, 1.807) is 6.08 Å². The fourth-order valence-corrected chi connectivity index (χ4v) is 8.03. The zero-order valence-corrected chi connectivity index (χ0v) is 14.9. The van der Waals surface area contributed by atoms with E-state index in [9.17, 15) is 9.90 Å². The first kappa shape index (κ1) is 16.9. The molecule has 0 amide bonds. The Bertz CT molecular complexity index is 464. The second kappa shape index (κ2) is 7.56. The number of aliphatic carboxylic acids is 1. The molecule has 0 aliphatic carbocycles. The van der Waals surface area contributed by atoms with E-state index in [1.807, 2.05) is 30.3 Å². The van der Waals surface area contributed by atoms with E-state index in [0.29, 0.717) is 12.0 Å². The van der Waals surface area contributed by atoms with Crippen molar-refractivity contribution in [3.05, 3.63) is 41.5 Å². The molecular weight excluding hydrogens is 284 g/mol. The summed E-state index contributed by atoms with van der Waals surface area (Å²) in [5.41, 5.74) is 1.40. The standard InChI is InChI=1S/C15H24O3Si2/c1-19(18-20(2,3)4)11-10-14(15(16)17)12-13-8-6-5-7-9-13/h5-9,12,19H,10-11H2,1-4H3,(H,16,17). The molecule has 1 rings (SSSR count). The minimum Gasteiger partial charge on any atom is -0.478 e. The zero-order chi connectivity index (χ0) is 15.2. The van der Waals surface area contributed by atoms with E-state index in [1.165, 1.54) is 0 Å². The van der Waals surface area contributed by atoms with Crippen LogP contribution in [-0.2, 0) is 8.91 Å². The monoisotopic (exact) mass is 308 g/mol. The highest BCUT2D eigenvalue weighted by molar-refractivity contribution is 6.77. The Balaban J connectivity index is 2.65. The molecule has 0 spiro atoms. The van der Waals surface area contributed by atoms with Crippen molar-refractivity contribution in [2.75, 3.05) is 0 Å². The molecule has 3 nitrogen and oxygen atoms in total. The first-order valence-electron chi connectivity index (χ1n) is 6.94. The molecule has 1 aromatic carbocycles. The SMILES string of the molecule is C[SiH](CCC(=Cc1ccccc1)C(=O)O)O[Si](C)(C)C. The van der Waals surface area contributed by atoms with Crippen LogP contribution in [0.15, 0.2) is 35.9 Å². The minimum absolute atomic E-state index is 0.467. The maximum Gasteiger partial charge on any atom is 0.331 e. The van der Waals surface area contributed by atoms with Crippen molar-refractivity contribution < 1.29 is 14.0 Å². The number of rotatable bonds is 7. The van der Waals surface area contributed by atoms with Gasteiger partial charge in [0.2, 0.25) is 0 Å². The number of carboxylic acid groups (broad SMARTS) is 1. The number of hydrogen-bond acceptors (Lipinski definition) is 2. The first-order chi connectivity index (χ1) is 9.28. The number of carboxylic acids is 1. The van der Waals surface area contributed by atoms with Gasteiger partial charge in [-0.3, -0.25) is 0 Å². The van der Waals surface area contributed by atoms with Gasteiger partial charge in [0.25, 0.3) is 0 Å². The summed E-state index contributed by atoms with van der Waals surface area (Å²) in [6.45, 7) is 8.68. The summed E-state index contributed by atoms with van der Waals surface area (Å²) in [6.07, 6.45) is 2.35. The third-order valence-corrected chi connectivity index (χ3v) is 8.33. The molecule has 5 heteroatoms. The lowest BCUT2D eigenvalue weighted by molar-refractivity contribution is -0.132. The largest absolute Gasteiger partial charge is 0.478 e. The molecule has 1 aromatic rings. The normalized spacial score (nSPS) is 14.1. The van der Waals surface area contributed by atoms with E-state index in [-0.39, 0.29) is 0 Å². The lowest BCUT2D eigenvalue weighted by Gasteiger charge is -2.23. The summed E-state index contributed by atoms with van der Waals surface area (Å²) in [7, 11) is -2.77. The zero-order valence-electron chi connectivity index (χ0n) is 12.7. The highest BCUT2D eigenvalue weighted by Crippen LogP contribution is 2.16. The number of carbonyl (C=O) groups is 1. The molecule has 0 aromatic heterocycles. The molecule has 0 bridgehead atoms.